The van der Waals surface area contributed by atoms with Crippen molar-refractivity contribution in [3.8, 4) is 0 Å². The fourth-order valence-corrected chi connectivity index (χ4v) is 5.85. The van der Waals surface area contributed by atoms with Crippen molar-refractivity contribution < 1.29 is 9.59 Å². The van der Waals surface area contributed by atoms with Crippen molar-refractivity contribution in [1.82, 2.24) is 0 Å². The van der Waals surface area contributed by atoms with Crippen LogP contribution in [0.5, 0.6) is 0 Å². The monoisotopic (exact) mass is 346 g/mol. The van der Waals surface area contributed by atoms with Gasteiger partial charge in [-0.15, -0.1) is 0 Å². The van der Waals surface area contributed by atoms with Gasteiger partial charge in [-0.1, -0.05) is 48.3 Å². The number of ketones is 2. The molecule has 134 valence electrons. The SMILES string of the molecule is O=C1CC2CCCCC2=C1c1ccccc1C1=C2CCCCC2CC1=O. The van der Waals surface area contributed by atoms with E-state index in [0.29, 0.717) is 36.2 Å². The van der Waals surface area contributed by atoms with Crippen molar-refractivity contribution in [3.05, 3.63) is 46.5 Å². The molecule has 2 fully saturated rings. The largest absolute Gasteiger partial charge is 0.294 e. The topological polar surface area (TPSA) is 34.1 Å². The Morgan fingerprint density at radius 1 is 0.654 bits per heavy atom. The predicted molar refractivity (Wildman–Crippen MR) is 103 cm³/mol. The number of rotatable bonds is 2. The third-order valence-corrected chi connectivity index (χ3v) is 7.01. The van der Waals surface area contributed by atoms with Crippen LogP contribution in [0, 0.1) is 11.8 Å². The molecule has 0 amide bonds. The Balaban J connectivity index is 1.67. The minimum atomic E-state index is 0.301. The average molecular weight is 346 g/mol. The molecule has 2 saturated carbocycles. The van der Waals surface area contributed by atoms with Crippen LogP contribution >= 0.6 is 0 Å². The summed E-state index contributed by atoms with van der Waals surface area (Å²) in [6.45, 7) is 0. The second-order valence-electron chi connectivity index (χ2n) is 8.49. The molecule has 0 spiro atoms. The summed E-state index contributed by atoms with van der Waals surface area (Å²) >= 11 is 0. The van der Waals surface area contributed by atoms with Gasteiger partial charge < -0.3 is 0 Å². The minimum Gasteiger partial charge on any atom is -0.294 e. The fraction of sp³-hybridized carbons (Fsp3) is 0.500. The molecular formula is C24H26O2. The highest BCUT2D eigenvalue weighted by Crippen LogP contribution is 2.48. The van der Waals surface area contributed by atoms with E-state index in [2.05, 4.69) is 12.1 Å². The third kappa shape index (κ3) is 2.46. The van der Waals surface area contributed by atoms with Gasteiger partial charge in [0.15, 0.2) is 11.6 Å². The van der Waals surface area contributed by atoms with Gasteiger partial charge in [0.1, 0.15) is 0 Å². The van der Waals surface area contributed by atoms with Gasteiger partial charge >= 0.3 is 0 Å². The van der Waals surface area contributed by atoms with E-state index >= 15 is 0 Å². The van der Waals surface area contributed by atoms with Crippen molar-refractivity contribution in [2.24, 2.45) is 11.8 Å². The van der Waals surface area contributed by atoms with Crippen molar-refractivity contribution in [2.75, 3.05) is 0 Å². The smallest absolute Gasteiger partial charge is 0.164 e. The van der Waals surface area contributed by atoms with Crippen LogP contribution < -0.4 is 0 Å². The molecule has 4 aliphatic carbocycles. The zero-order chi connectivity index (χ0) is 17.7. The van der Waals surface area contributed by atoms with Gasteiger partial charge in [-0.3, -0.25) is 9.59 Å². The summed E-state index contributed by atoms with van der Waals surface area (Å²) in [4.78, 5) is 25.8. The lowest BCUT2D eigenvalue weighted by molar-refractivity contribution is -0.114. The molecule has 0 N–H and O–H groups in total. The lowest BCUT2D eigenvalue weighted by Gasteiger charge is -2.22. The lowest BCUT2D eigenvalue weighted by atomic mass is 9.82. The maximum Gasteiger partial charge on any atom is 0.164 e. The summed E-state index contributed by atoms with van der Waals surface area (Å²) < 4.78 is 0. The fourth-order valence-electron chi connectivity index (χ4n) is 5.85. The molecule has 0 radical (unpaired) electrons. The third-order valence-electron chi connectivity index (χ3n) is 7.01. The summed E-state index contributed by atoms with van der Waals surface area (Å²) in [5.74, 6) is 1.52. The molecule has 2 unspecified atom stereocenters. The first-order chi connectivity index (χ1) is 12.7. The molecule has 26 heavy (non-hydrogen) atoms. The Morgan fingerprint density at radius 2 is 1.12 bits per heavy atom. The summed E-state index contributed by atoms with van der Waals surface area (Å²) in [6.07, 6.45) is 10.7. The molecule has 4 aliphatic rings. The number of fused-ring (bicyclic) bond motifs is 2. The van der Waals surface area contributed by atoms with E-state index < -0.39 is 0 Å². The van der Waals surface area contributed by atoms with Crippen LogP contribution in [0.1, 0.15) is 75.3 Å². The molecule has 2 nitrogen and oxygen atoms in total. The normalized spacial score (nSPS) is 28.6. The maximum absolute atomic E-state index is 12.9. The summed E-state index contributed by atoms with van der Waals surface area (Å²) in [7, 11) is 0. The van der Waals surface area contributed by atoms with Crippen LogP contribution in [0.15, 0.2) is 35.4 Å². The second-order valence-corrected chi connectivity index (χ2v) is 8.49. The van der Waals surface area contributed by atoms with Gasteiger partial charge in [0.2, 0.25) is 0 Å². The van der Waals surface area contributed by atoms with E-state index in [1.807, 2.05) is 12.1 Å². The van der Waals surface area contributed by atoms with Gasteiger partial charge in [-0.2, -0.15) is 0 Å². The zero-order valence-electron chi connectivity index (χ0n) is 15.4. The molecule has 5 rings (SSSR count). The Kier molecular flexibility index (Phi) is 3.95. The maximum atomic E-state index is 12.9. The Bertz CT molecular complexity index is 784. The van der Waals surface area contributed by atoms with Gasteiger partial charge in [-0.05, 0) is 61.5 Å². The van der Waals surface area contributed by atoms with E-state index in [1.54, 1.807) is 0 Å². The molecular weight excluding hydrogens is 320 g/mol. The molecule has 0 aliphatic heterocycles. The van der Waals surface area contributed by atoms with Crippen LogP contribution in [0.25, 0.3) is 11.1 Å². The van der Waals surface area contributed by atoms with Crippen LogP contribution in [0.2, 0.25) is 0 Å². The van der Waals surface area contributed by atoms with Gasteiger partial charge in [0.05, 0.1) is 0 Å². The number of Topliss-reactive ketones (excluding diaryl/α,β-unsaturated/α-hetero) is 2. The molecule has 0 bridgehead atoms. The van der Waals surface area contributed by atoms with Crippen LogP contribution in [-0.2, 0) is 9.59 Å². The Labute approximate surface area is 155 Å². The van der Waals surface area contributed by atoms with E-state index in [-0.39, 0.29) is 0 Å². The standard InChI is InChI=1S/C24H26O2/c25-21-13-15-7-1-3-9-17(15)23(21)19-11-5-6-12-20(19)24-18-10-4-2-8-16(18)14-22(24)26/h5-6,11-12,15-16H,1-4,7-10,13-14H2. The summed E-state index contributed by atoms with van der Waals surface area (Å²) in [6, 6.07) is 8.23. The number of allylic oxidation sites excluding steroid dienone is 4. The van der Waals surface area contributed by atoms with Crippen molar-refractivity contribution in [3.63, 3.8) is 0 Å². The highest BCUT2D eigenvalue weighted by Gasteiger charge is 2.38. The number of hydrogen-bond acceptors (Lipinski definition) is 2. The molecule has 0 saturated heterocycles. The van der Waals surface area contributed by atoms with Gasteiger partial charge in [0, 0.05) is 24.0 Å². The van der Waals surface area contributed by atoms with Crippen LogP contribution in [-0.4, -0.2) is 11.6 Å². The first kappa shape index (κ1) is 16.2. The quantitative estimate of drug-likeness (QED) is 0.706. The van der Waals surface area contributed by atoms with Crippen molar-refractivity contribution in [2.45, 2.75) is 64.2 Å². The number of benzene rings is 1. The van der Waals surface area contributed by atoms with Crippen molar-refractivity contribution in [1.29, 1.82) is 0 Å². The average Bonchev–Trinajstić information content (AvgIpc) is 3.17. The zero-order valence-corrected chi connectivity index (χ0v) is 15.4. The van der Waals surface area contributed by atoms with E-state index in [1.165, 1.54) is 36.8 Å². The van der Waals surface area contributed by atoms with Crippen LogP contribution in [0.3, 0.4) is 0 Å². The molecule has 1 aromatic rings. The highest BCUT2D eigenvalue weighted by molar-refractivity contribution is 6.29. The Hall–Kier alpha value is -1.96. The lowest BCUT2D eigenvalue weighted by Crippen LogP contribution is -2.07. The number of hydrogen-bond donors (Lipinski definition) is 0. The summed E-state index contributed by atoms with van der Waals surface area (Å²) in [5.41, 5.74) is 6.77. The number of carbonyl (C=O) groups excluding carboxylic acids is 2. The second kappa shape index (κ2) is 6.33. The minimum absolute atomic E-state index is 0.301. The molecule has 0 aromatic heterocycles. The van der Waals surface area contributed by atoms with E-state index in [4.69, 9.17) is 0 Å². The van der Waals surface area contributed by atoms with Gasteiger partial charge in [-0.25, -0.2) is 0 Å². The first-order valence-corrected chi connectivity index (χ1v) is 10.4. The summed E-state index contributed by atoms with van der Waals surface area (Å²) in [5, 5.41) is 0. The van der Waals surface area contributed by atoms with Crippen LogP contribution in [0.4, 0.5) is 0 Å². The predicted octanol–water partition coefficient (Wildman–Crippen LogP) is 5.52. The molecule has 2 heteroatoms. The highest BCUT2D eigenvalue weighted by atomic mass is 16.1. The first-order valence-electron chi connectivity index (χ1n) is 10.4. The van der Waals surface area contributed by atoms with Crippen molar-refractivity contribution >= 4 is 22.7 Å². The Morgan fingerprint density at radius 3 is 1.58 bits per heavy atom. The van der Waals surface area contributed by atoms with E-state index in [9.17, 15) is 9.59 Å². The molecule has 1 aromatic carbocycles. The molecule has 2 atom stereocenters. The van der Waals surface area contributed by atoms with E-state index in [0.717, 1.165) is 48.0 Å². The molecule has 0 heterocycles. The van der Waals surface area contributed by atoms with Gasteiger partial charge in [0.25, 0.3) is 0 Å². The number of carbonyl (C=O) groups is 2.